The van der Waals surface area contributed by atoms with E-state index in [2.05, 4.69) is 4.98 Å². The van der Waals surface area contributed by atoms with Gasteiger partial charge in [0.1, 0.15) is 11.5 Å². The quantitative estimate of drug-likeness (QED) is 0.760. The molecular weight excluding hydrogens is 330 g/mol. The van der Waals surface area contributed by atoms with Crippen molar-refractivity contribution in [2.24, 2.45) is 0 Å². The van der Waals surface area contributed by atoms with Gasteiger partial charge >= 0.3 is 5.97 Å². The molecule has 1 aliphatic carbocycles. The zero-order valence-electron chi connectivity index (χ0n) is 12.8. The van der Waals surface area contributed by atoms with Crippen LogP contribution in [0.25, 0.3) is 0 Å². The molecule has 120 valence electrons. The van der Waals surface area contributed by atoms with Gasteiger partial charge in [-0.15, -0.1) is 23.5 Å². The van der Waals surface area contributed by atoms with Crippen molar-refractivity contribution in [1.29, 1.82) is 0 Å². The molecule has 0 aromatic carbocycles. The number of rotatable bonds is 2. The number of nitrogens with zero attached hydrogens (tertiary/aromatic N) is 1. The molecule has 2 aromatic rings. The Morgan fingerprint density at radius 2 is 2.22 bits per heavy atom. The van der Waals surface area contributed by atoms with Crippen LogP contribution in [0, 0.1) is 6.92 Å². The van der Waals surface area contributed by atoms with Crippen molar-refractivity contribution in [2.45, 2.75) is 30.3 Å². The average Bonchev–Trinajstić information content (AvgIpc) is 3.15. The third-order valence-corrected chi connectivity index (χ3v) is 7.83. The van der Waals surface area contributed by atoms with Crippen molar-refractivity contribution in [3.8, 4) is 5.75 Å². The largest absolute Gasteiger partial charge is 0.453 e. The summed E-state index contributed by atoms with van der Waals surface area (Å²) in [6.45, 7) is 1.98. The van der Waals surface area contributed by atoms with Crippen LogP contribution in [-0.2, 0) is 10.5 Å². The van der Waals surface area contributed by atoms with Crippen LogP contribution in [0.5, 0.6) is 5.75 Å². The Kier molecular flexibility index (Phi) is 3.89. The summed E-state index contributed by atoms with van der Waals surface area (Å²) < 4.78 is 11.4. The summed E-state index contributed by atoms with van der Waals surface area (Å²) in [7, 11) is 0. The normalized spacial score (nSPS) is 18.8. The van der Waals surface area contributed by atoms with Crippen LogP contribution < -0.4 is 4.74 Å². The maximum atomic E-state index is 12.5. The second-order valence-electron chi connectivity index (χ2n) is 5.74. The molecule has 6 heteroatoms. The first-order valence-electron chi connectivity index (χ1n) is 7.72. The highest BCUT2D eigenvalue weighted by Gasteiger charge is 2.45. The molecule has 0 saturated carbocycles. The molecule has 4 nitrogen and oxygen atoms in total. The maximum Gasteiger partial charge on any atom is 0.379 e. The second kappa shape index (κ2) is 5.91. The molecule has 2 aromatic heterocycles. The van der Waals surface area contributed by atoms with Crippen molar-refractivity contribution >= 4 is 29.5 Å². The maximum absolute atomic E-state index is 12.5. The minimum absolute atomic E-state index is 0.0774. The monoisotopic (exact) mass is 347 g/mol. The van der Waals surface area contributed by atoms with Gasteiger partial charge in [0.05, 0.1) is 10.3 Å². The van der Waals surface area contributed by atoms with Gasteiger partial charge in [0, 0.05) is 35.3 Å². The number of furan rings is 1. The summed E-state index contributed by atoms with van der Waals surface area (Å²) in [6, 6.07) is 3.46. The standard InChI is InChI=1S/C17H17NO3S2/c1-11-14-13(5-2-6-17(14)22-8-9-23-17)21-15(11)16(19)20-12-4-3-7-18-10-12/h3-4,7,10H,2,5-6,8-9H2,1H3. The summed E-state index contributed by atoms with van der Waals surface area (Å²) in [5.41, 5.74) is 2.17. The van der Waals surface area contributed by atoms with Crippen molar-refractivity contribution in [3.05, 3.63) is 47.2 Å². The molecule has 23 heavy (non-hydrogen) atoms. The van der Waals surface area contributed by atoms with Crippen LogP contribution in [0.15, 0.2) is 28.9 Å². The average molecular weight is 347 g/mol. The fourth-order valence-electron chi connectivity index (χ4n) is 3.35. The van der Waals surface area contributed by atoms with Crippen molar-refractivity contribution < 1.29 is 13.9 Å². The number of esters is 1. The number of hydrogen-bond acceptors (Lipinski definition) is 6. The number of aromatic nitrogens is 1. The predicted molar refractivity (Wildman–Crippen MR) is 92.2 cm³/mol. The second-order valence-corrected chi connectivity index (χ2v) is 8.78. The van der Waals surface area contributed by atoms with E-state index in [0.29, 0.717) is 11.5 Å². The molecule has 4 rings (SSSR count). The Morgan fingerprint density at radius 3 is 2.96 bits per heavy atom. The molecule has 3 heterocycles. The van der Waals surface area contributed by atoms with Crippen molar-refractivity contribution in [2.75, 3.05) is 11.5 Å². The topological polar surface area (TPSA) is 52.3 Å². The SMILES string of the molecule is Cc1c(C(=O)Oc2cccnc2)oc2c1C1(CCC2)SCCS1. The van der Waals surface area contributed by atoms with E-state index in [-0.39, 0.29) is 4.08 Å². The highest BCUT2D eigenvalue weighted by atomic mass is 32.2. The lowest BCUT2D eigenvalue weighted by atomic mass is 9.94. The summed E-state index contributed by atoms with van der Waals surface area (Å²) in [6.07, 6.45) is 6.33. The van der Waals surface area contributed by atoms with E-state index >= 15 is 0 Å². The Hall–Kier alpha value is -1.40. The number of thioether (sulfide) groups is 2. The smallest absolute Gasteiger partial charge is 0.379 e. The van der Waals surface area contributed by atoms with Crippen LogP contribution in [0.3, 0.4) is 0 Å². The van der Waals surface area contributed by atoms with Gasteiger partial charge in [-0.05, 0) is 31.9 Å². The summed E-state index contributed by atoms with van der Waals surface area (Å²) in [5.74, 6) is 3.62. The van der Waals surface area contributed by atoms with Gasteiger partial charge in [-0.2, -0.15) is 0 Å². The molecule has 0 radical (unpaired) electrons. The fourth-order valence-corrected chi connectivity index (χ4v) is 6.91. The molecule has 0 N–H and O–H groups in total. The van der Waals surface area contributed by atoms with Crippen LogP contribution >= 0.6 is 23.5 Å². The van der Waals surface area contributed by atoms with Crippen LogP contribution in [0.2, 0.25) is 0 Å². The third-order valence-electron chi connectivity index (χ3n) is 4.29. The van der Waals surface area contributed by atoms with Gasteiger partial charge in [-0.25, -0.2) is 4.79 Å². The number of carbonyl (C=O) groups is 1. The molecule has 1 spiro atoms. The van der Waals surface area contributed by atoms with E-state index in [1.54, 1.807) is 18.3 Å². The molecule has 0 bridgehead atoms. The first-order valence-corrected chi connectivity index (χ1v) is 9.69. The number of pyridine rings is 1. The van der Waals surface area contributed by atoms with Crippen LogP contribution in [0.1, 0.15) is 40.3 Å². The Balaban J connectivity index is 1.69. The first-order chi connectivity index (χ1) is 11.2. The summed E-state index contributed by atoms with van der Waals surface area (Å²) in [5, 5.41) is 0. The van der Waals surface area contributed by atoms with Gasteiger partial charge in [0.25, 0.3) is 0 Å². The Labute approximate surface area is 143 Å². The number of carbonyl (C=O) groups excluding carboxylic acids is 1. The van der Waals surface area contributed by atoms with E-state index in [4.69, 9.17) is 9.15 Å². The predicted octanol–water partition coefficient (Wildman–Crippen LogP) is 4.17. The number of fused-ring (bicyclic) bond motifs is 2. The summed E-state index contributed by atoms with van der Waals surface area (Å²) in [4.78, 5) is 16.5. The molecule has 1 fully saturated rings. The Bertz CT molecular complexity index is 736. The van der Waals surface area contributed by atoms with Crippen molar-refractivity contribution in [1.82, 2.24) is 4.98 Å². The molecular formula is C17H17NO3S2. The molecule has 2 aliphatic rings. The minimum Gasteiger partial charge on any atom is -0.453 e. The molecule has 0 amide bonds. The lowest BCUT2D eigenvalue weighted by molar-refractivity contribution is 0.0697. The molecule has 1 aliphatic heterocycles. The third kappa shape index (κ3) is 2.58. The zero-order chi connectivity index (χ0) is 15.9. The van der Waals surface area contributed by atoms with E-state index in [9.17, 15) is 4.79 Å². The van der Waals surface area contributed by atoms with Crippen LogP contribution in [-0.4, -0.2) is 22.5 Å². The van der Waals surface area contributed by atoms with Crippen LogP contribution in [0.4, 0.5) is 0 Å². The van der Waals surface area contributed by atoms with E-state index < -0.39 is 5.97 Å². The summed E-state index contributed by atoms with van der Waals surface area (Å²) >= 11 is 3.98. The fraction of sp³-hybridized carbons (Fsp3) is 0.412. The van der Waals surface area contributed by atoms with Gasteiger partial charge in [0.15, 0.2) is 0 Å². The number of aryl methyl sites for hydroxylation is 1. The Morgan fingerprint density at radius 1 is 1.39 bits per heavy atom. The lowest BCUT2D eigenvalue weighted by Crippen LogP contribution is -2.21. The van der Waals surface area contributed by atoms with Gasteiger partial charge in [0.2, 0.25) is 5.76 Å². The zero-order valence-corrected chi connectivity index (χ0v) is 14.5. The number of ether oxygens (including phenoxy) is 1. The first kappa shape index (κ1) is 15.1. The van der Waals surface area contributed by atoms with E-state index in [1.807, 2.05) is 30.4 Å². The highest BCUT2D eigenvalue weighted by Crippen LogP contribution is 2.59. The minimum atomic E-state index is -0.437. The van der Waals surface area contributed by atoms with Gasteiger partial charge in [-0.1, -0.05) is 0 Å². The van der Waals surface area contributed by atoms with Gasteiger partial charge < -0.3 is 9.15 Å². The highest BCUT2D eigenvalue weighted by molar-refractivity contribution is 8.20. The molecule has 0 atom stereocenters. The number of hydrogen-bond donors (Lipinski definition) is 0. The van der Waals surface area contributed by atoms with Crippen molar-refractivity contribution in [3.63, 3.8) is 0 Å². The van der Waals surface area contributed by atoms with E-state index in [0.717, 1.165) is 42.1 Å². The van der Waals surface area contributed by atoms with Gasteiger partial charge in [-0.3, -0.25) is 4.98 Å². The lowest BCUT2D eigenvalue weighted by Gasteiger charge is -2.31. The molecule has 0 unspecified atom stereocenters. The van der Waals surface area contributed by atoms with E-state index in [1.165, 1.54) is 11.8 Å². The molecule has 1 saturated heterocycles.